The fourth-order valence-corrected chi connectivity index (χ4v) is 4.69. The number of benzene rings is 1. The number of amides is 1. The Labute approximate surface area is 168 Å². The van der Waals surface area contributed by atoms with Crippen LogP contribution in [-0.4, -0.2) is 35.5 Å². The van der Waals surface area contributed by atoms with Gasteiger partial charge >= 0.3 is 0 Å². The molecule has 1 atom stereocenters. The summed E-state index contributed by atoms with van der Waals surface area (Å²) in [5.74, 6) is -2.63. The lowest BCUT2D eigenvalue weighted by Gasteiger charge is -2.28. The van der Waals surface area contributed by atoms with E-state index in [-0.39, 0.29) is 24.7 Å². The van der Waals surface area contributed by atoms with Crippen LogP contribution in [0.15, 0.2) is 24.4 Å². The third-order valence-corrected chi connectivity index (χ3v) is 6.38. The van der Waals surface area contributed by atoms with Crippen LogP contribution in [0.5, 0.6) is 0 Å². The van der Waals surface area contributed by atoms with E-state index in [1.54, 1.807) is 6.07 Å². The molecule has 0 spiro atoms. The number of nitrogens with one attached hydrogen (secondary N) is 2. The van der Waals surface area contributed by atoms with Gasteiger partial charge < -0.3 is 15.2 Å². The van der Waals surface area contributed by atoms with Crippen LogP contribution < -0.4 is 10.6 Å². The zero-order chi connectivity index (χ0) is 19.7. The number of fused-ring (bicyclic) bond motifs is 1. The molecule has 2 fully saturated rings. The molecule has 2 aliphatic rings. The molecule has 0 unspecified atom stereocenters. The molecule has 0 radical (unpaired) electrons. The summed E-state index contributed by atoms with van der Waals surface area (Å²) in [4.78, 5) is 12.9. The van der Waals surface area contributed by atoms with E-state index in [0.717, 1.165) is 30.4 Å². The van der Waals surface area contributed by atoms with Crippen LogP contribution in [0, 0.1) is 5.92 Å². The van der Waals surface area contributed by atoms with Gasteiger partial charge in [-0.05, 0) is 50.3 Å². The second-order valence-electron chi connectivity index (χ2n) is 8.13. The van der Waals surface area contributed by atoms with E-state index in [1.807, 2.05) is 18.3 Å². The maximum atomic E-state index is 13.3. The molecule has 1 saturated carbocycles. The fraction of sp³-hybridized carbons (Fsp3) is 0.571. The topological polar surface area (TPSA) is 46.1 Å². The van der Waals surface area contributed by atoms with Crippen molar-refractivity contribution in [3.8, 4) is 0 Å². The summed E-state index contributed by atoms with van der Waals surface area (Å²) in [6, 6.07) is 6.07. The van der Waals surface area contributed by atoms with Gasteiger partial charge in [0.2, 0.25) is 5.92 Å². The van der Waals surface area contributed by atoms with Crippen LogP contribution in [0.4, 0.5) is 8.78 Å². The molecular weight excluding hydrogens is 384 g/mol. The zero-order valence-electron chi connectivity index (χ0n) is 15.8. The van der Waals surface area contributed by atoms with Gasteiger partial charge in [-0.3, -0.25) is 4.79 Å². The number of aromatic nitrogens is 1. The van der Waals surface area contributed by atoms with Crippen LogP contribution in [0.1, 0.15) is 48.9 Å². The largest absolute Gasteiger partial charge is 0.352 e. The van der Waals surface area contributed by atoms with Crippen LogP contribution >= 0.6 is 11.6 Å². The quantitative estimate of drug-likeness (QED) is 0.758. The normalized spacial score (nSPS) is 22.6. The van der Waals surface area contributed by atoms with Gasteiger partial charge in [0, 0.05) is 43.6 Å². The molecule has 1 aliphatic heterocycles. The Balaban J connectivity index is 1.50. The molecule has 2 N–H and O–H groups in total. The van der Waals surface area contributed by atoms with E-state index >= 15 is 0 Å². The standard InChI is InChI=1S/C21H26ClF2N3O/c22-17-4-1-5-18-19(17)16(13-27(18)12-15-3-2-10-25-15)20(28)26-11-14-6-8-21(23,24)9-7-14/h1,4-5,13-15,25H,2-3,6-12H2,(H,26,28)/t15-/m0/s1. The van der Waals surface area contributed by atoms with E-state index in [2.05, 4.69) is 15.2 Å². The Morgan fingerprint density at radius 1 is 1.29 bits per heavy atom. The Morgan fingerprint density at radius 3 is 2.79 bits per heavy atom. The molecular formula is C21H26ClF2N3O. The summed E-state index contributed by atoms with van der Waals surface area (Å²) in [7, 11) is 0. The van der Waals surface area contributed by atoms with Gasteiger partial charge in [-0.15, -0.1) is 0 Å². The molecule has 4 nitrogen and oxygen atoms in total. The molecule has 152 valence electrons. The highest BCUT2D eigenvalue weighted by Gasteiger charge is 2.35. The van der Waals surface area contributed by atoms with Crippen molar-refractivity contribution in [2.24, 2.45) is 5.92 Å². The lowest BCUT2D eigenvalue weighted by atomic mass is 9.87. The first-order valence-electron chi connectivity index (χ1n) is 10.1. The second kappa shape index (κ2) is 7.99. The molecule has 2 aromatic rings. The molecule has 1 aromatic carbocycles. The summed E-state index contributed by atoms with van der Waals surface area (Å²) in [6.45, 7) is 2.25. The highest BCUT2D eigenvalue weighted by molar-refractivity contribution is 6.36. The lowest BCUT2D eigenvalue weighted by molar-refractivity contribution is -0.0452. The van der Waals surface area contributed by atoms with Crippen molar-refractivity contribution in [2.45, 2.75) is 57.0 Å². The maximum Gasteiger partial charge on any atom is 0.253 e. The Morgan fingerprint density at radius 2 is 2.07 bits per heavy atom. The smallest absolute Gasteiger partial charge is 0.253 e. The van der Waals surface area contributed by atoms with Gasteiger partial charge in [0.05, 0.1) is 16.1 Å². The third-order valence-electron chi connectivity index (χ3n) is 6.07. The van der Waals surface area contributed by atoms with Gasteiger partial charge in [0.25, 0.3) is 5.91 Å². The second-order valence-corrected chi connectivity index (χ2v) is 8.54. The Hall–Kier alpha value is -1.66. The number of alkyl halides is 2. The first kappa shape index (κ1) is 19.6. The van der Waals surface area contributed by atoms with E-state index in [1.165, 1.54) is 6.42 Å². The zero-order valence-corrected chi connectivity index (χ0v) is 16.6. The van der Waals surface area contributed by atoms with Gasteiger partial charge in [-0.25, -0.2) is 8.78 Å². The lowest BCUT2D eigenvalue weighted by Crippen LogP contribution is -2.33. The number of carbonyl (C=O) groups is 1. The average Bonchev–Trinajstić information content (AvgIpc) is 3.30. The van der Waals surface area contributed by atoms with Crippen molar-refractivity contribution in [3.63, 3.8) is 0 Å². The molecule has 1 aliphatic carbocycles. The molecule has 7 heteroatoms. The van der Waals surface area contributed by atoms with E-state index in [4.69, 9.17) is 11.6 Å². The number of hydrogen-bond donors (Lipinski definition) is 2. The fourth-order valence-electron chi connectivity index (χ4n) is 4.42. The highest BCUT2D eigenvalue weighted by atomic mass is 35.5. The first-order chi connectivity index (χ1) is 13.4. The van der Waals surface area contributed by atoms with Crippen LogP contribution in [0.3, 0.4) is 0 Å². The molecule has 1 saturated heterocycles. The monoisotopic (exact) mass is 409 g/mol. The first-order valence-corrected chi connectivity index (χ1v) is 10.5. The van der Waals surface area contributed by atoms with Gasteiger partial charge in [-0.1, -0.05) is 17.7 Å². The van der Waals surface area contributed by atoms with Gasteiger partial charge in [-0.2, -0.15) is 0 Å². The average molecular weight is 410 g/mol. The molecule has 1 aromatic heterocycles. The summed E-state index contributed by atoms with van der Waals surface area (Å²) >= 11 is 6.42. The highest BCUT2D eigenvalue weighted by Crippen LogP contribution is 2.36. The van der Waals surface area contributed by atoms with Crippen LogP contribution in [0.25, 0.3) is 10.9 Å². The number of carbonyl (C=O) groups excluding carboxylic acids is 1. The molecule has 2 heterocycles. The minimum absolute atomic E-state index is 0.0902. The number of halogens is 3. The van der Waals surface area contributed by atoms with E-state index in [0.29, 0.717) is 36.0 Å². The number of rotatable bonds is 5. The molecule has 1 amide bonds. The van der Waals surface area contributed by atoms with Gasteiger partial charge in [0.1, 0.15) is 0 Å². The van der Waals surface area contributed by atoms with Crippen molar-refractivity contribution in [3.05, 3.63) is 35.0 Å². The van der Waals surface area contributed by atoms with Crippen molar-refractivity contribution in [1.29, 1.82) is 0 Å². The van der Waals surface area contributed by atoms with Crippen molar-refractivity contribution >= 4 is 28.4 Å². The summed E-state index contributed by atoms with van der Waals surface area (Å²) in [5, 5.41) is 7.75. The molecule has 28 heavy (non-hydrogen) atoms. The number of hydrogen-bond acceptors (Lipinski definition) is 2. The van der Waals surface area contributed by atoms with Gasteiger partial charge in [0.15, 0.2) is 0 Å². The predicted octanol–water partition coefficient (Wildman–Crippen LogP) is 4.60. The Kier molecular flexibility index (Phi) is 5.61. The maximum absolute atomic E-state index is 13.3. The van der Waals surface area contributed by atoms with E-state index < -0.39 is 5.92 Å². The minimum atomic E-state index is -2.55. The third kappa shape index (κ3) is 4.18. The van der Waals surface area contributed by atoms with Crippen LogP contribution in [-0.2, 0) is 6.54 Å². The number of nitrogens with zero attached hydrogens (tertiary/aromatic N) is 1. The summed E-state index contributed by atoms with van der Waals surface area (Å²) < 4.78 is 28.7. The minimum Gasteiger partial charge on any atom is -0.352 e. The summed E-state index contributed by atoms with van der Waals surface area (Å²) in [6.07, 6.45) is 4.87. The molecule has 0 bridgehead atoms. The van der Waals surface area contributed by atoms with Crippen molar-refractivity contribution < 1.29 is 13.6 Å². The SMILES string of the molecule is O=C(NCC1CCC(F)(F)CC1)c1cn(C[C@@H]2CCCN2)c2cccc(Cl)c12. The summed E-state index contributed by atoms with van der Waals surface area (Å²) in [5.41, 5.74) is 1.50. The van der Waals surface area contributed by atoms with Crippen LogP contribution in [0.2, 0.25) is 5.02 Å². The Bertz CT molecular complexity index is 851. The van der Waals surface area contributed by atoms with Crippen molar-refractivity contribution in [1.82, 2.24) is 15.2 Å². The molecule has 4 rings (SSSR count). The van der Waals surface area contributed by atoms with E-state index in [9.17, 15) is 13.6 Å². The van der Waals surface area contributed by atoms with Crippen molar-refractivity contribution in [2.75, 3.05) is 13.1 Å². The predicted molar refractivity (Wildman–Crippen MR) is 107 cm³/mol.